The Balaban J connectivity index is 1.25. The van der Waals surface area contributed by atoms with Gasteiger partial charge in [0, 0.05) is 17.8 Å². The van der Waals surface area contributed by atoms with Gasteiger partial charge in [-0.2, -0.15) is 5.10 Å². The maximum atomic E-state index is 13.5. The highest BCUT2D eigenvalue weighted by Crippen LogP contribution is 2.55. The molecule has 1 saturated carbocycles. The number of allylic oxidation sites excluding steroid dienone is 1. The van der Waals surface area contributed by atoms with Crippen LogP contribution in [0.3, 0.4) is 0 Å². The zero-order chi connectivity index (χ0) is 27.9. The van der Waals surface area contributed by atoms with Crippen LogP contribution in [0, 0.1) is 17.2 Å². The van der Waals surface area contributed by atoms with Gasteiger partial charge in [0.15, 0.2) is 0 Å². The normalized spacial score (nSPS) is 20.3. The molecule has 0 aliphatic heterocycles. The molecule has 0 bridgehead atoms. The molecule has 1 N–H and O–H groups in total. The van der Waals surface area contributed by atoms with Crippen LogP contribution in [0.15, 0.2) is 90.6 Å². The highest BCUT2D eigenvalue weighted by molar-refractivity contribution is 6.30. The first-order valence-electron chi connectivity index (χ1n) is 13.7. The minimum atomic E-state index is -0.256. The fourth-order valence-corrected chi connectivity index (χ4v) is 6.50. The number of halogens is 2. The number of aromatic nitrogens is 2. The molecule has 2 amide bonds. The number of benzene rings is 3. The first kappa shape index (κ1) is 26.3. The molecule has 0 spiro atoms. The number of hydrogen-bond donors (Lipinski definition) is 1. The molecule has 0 saturated heterocycles. The van der Waals surface area contributed by atoms with Crippen molar-refractivity contribution in [2.45, 2.75) is 38.6 Å². The molecule has 2 aliphatic carbocycles. The number of nitrogens with one attached hydrogen (secondary N) is 1. The van der Waals surface area contributed by atoms with Crippen LogP contribution in [0.1, 0.15) is 49.0 Å². The average molecular weight is 555 g/mol. The highest BCUT2D eigenvalue weighted by atomic mass is 35.5. The fourth-order valence-electron chi connectivity index (χ4n) is 6.38. The van der Waals surface area contributed by atoms with Crippen LogP contribution in [-0.2, 0) is 6.42 Å². The molecule has 7 heteroatoms. The van der Waals surface area contributed by atoms with Gasteiger partial charge < -0.3 is 5.32 Å². The summed E-state index contributed by atoms with van der Waals surface area (Å²) < 4.78 is 15.4. The number of fused-ring (bicyclic) bond motifs is 2. The van der Waals surface area contributed by atoms with Crippen molar-refractivity contribution in [2.75, 3.05) is 11.9 Å². The van der Waals surface area contributed by atoms with Gasteiger partial charge >= 0.3 is 6.03 Å². The standard InChI is InChI=1S/C33H32ClFN4O/c1-33-20-23-21-36-39(29-16-12-27(35)13-17-29)31(23)19-25(33)9-8-24(33)18-30(22-6-4-3-5-7-22)37-32(40)38(2)28-14-10-26(34)11-15-28/h3-7,10-17,19,21,24,30H,8-9,18,20H2,1-2H3,(H,37,40)/t24-,30?,33-/m1/s1. The van der Waals surface area contributed by atoms with Crippen molar-refractivity contribution in [2.24, 2.45) is 11.3 Å². The van der Waals surface area contributed by atoms with E-state index in [2.05, 4.69) is 35.5 Å². The van der Waals surface area contributed by atoms with Crippen LogP contribution >= 0.6 is 11.6 Å². The van der Waals surface area contributed by atoms with E-state index in [1.54, 1.807) is 36.2 Å². The van der Waals surface area contributed by atoms with E-state index in [4.69, 9.17) is 11.6 Å². The van der Waals surface area contributed by atoms with E-state index in [1.165, 1.54) is 23.3 Å². The summed E-state index contributed by atoms with van der Waals surface area (Å²) in [6, 6.07) is 23.7. The molecule has 3 atom stereocenters. The second-order valence-corrected chi connectivity index (χ2v) is 11.6. The lowest BCUT2D eigenvalue weighted by molar-refractivity contribution is 0.220. The van der Waals surface area contributed by atoms with Crippen LogP contribution in [0.25, 0.3) is 11.8 Å². The van der Waals surface area contributed by atoms with Crippen LogP contribution < -0.4 is 10.2 Å². The van der Waals surface area contributed by atoms with E-state index in [1.807, 2.05) is 41.2 Å². The van der Waals surface area contributed by atoms with Crippen molar-refractivity contribution in [3.63, 3.8) is 0 Å². The zero-order valence-electron chi connectivity index (χ0n) is 22.6. The largest absolute Gasteiger partial charge is 0.331 e. The summed E-state index contributed by atoms with van der Waals surface area (Å²) in [6.07, 6.45) is 8.03. The van der Waals surface area contributed by atoms with Gasteiger partial charge in [-0.3, -0.25) is 4.90 Å². The number of hydrogen-bond acceptors (Lipinski definition) is 2. The number of nitrogens with zero attached hydrogens (tertiary/aromatic N) is 3. The number of urea groups is 1. The van der Waals surface area contributed by atoms with Crippen molar-refractivity contribution in [3.05, 3.63) is 118 Å². The lowest BCUT2D eigenvalue weighted by Crippen LogP contribution is -2.41. The van der Waals surface area contributed by atoms with E-state index >= 15 is 0 Å². The molecule has 1 heterocycles. The predicted molar refractivity (Wildman–Crippen MR) is 158 cm³/mol. The second-order valence-electron chi connectivity index (χ2n) is 11.1. The third kappa shape index (κ3) is 4.92. The number of amides is 2. The predicted octanol–water partition coefficient (Wildman–Crippen LogP) is 8.00. The topological polar surface area (TPSA) is 50.2 Å². The maximum Gasteiger partial charge on any atom is 0.322 e. The van der Waals surface area contributed by atoms with Gasteiger partial charge in [0.2, 0.25) is 0 Å². The Morgan fingerprint density at radius 1 is 1.12 bits per heavy atom. The van der Waals surface area contributed by atoms with Crippen LogP contribution in [-0.4, -0.2) is 22.9 Å². The molecule has 1 unspecified atom stereocenters. The van der Waals surface area contributed by atoms with E-state index < -0.39 is 0 Å². The van der Waals surface area contributed by atoms with Crippen LogP contribution in [0.5, 0.6) is 0 Å². The third-order valence-corrected chi connectivity index (χ3v) is 9.01. The number of rotatable bonds is 6. The minimum Gasteiger partial charge on any atom is -0.331 e. The van der Waals surface area contributed by atoms with E-state index in [0.29, 0.717) is 10.9 Å². The summed E-state index contributed by atoms with van der Waals surface area (Å²) in [5.74, 6) is 0.126. The Hall–Kier alpha value is -3.90. The Morgan fingerprint density at radius 3 is 2.58 bits per heavy atom. The lowest BCUT2D eigenvalue weighted by atomic mass is 9.68. The molecule has 1 aromatic heterocycles. The van der Waals surface area contributed by atoms with Crippen molar-refractivity contribution in [3.8, 4) is 5.69 Å². The van der Waals surface area contributed by atoms with Crippen LogP contribution in [0.2, 0.25) is 5.02 Å². The van der Waals surface area contributed by atoms with Crippen molar-refractivity contribution in [1.82, 2.24) is 15.1 Å². The zero-order valence-corrected chi connectivity index (χ0v) is 23.4. The minimum absolute atomic E-state index is 0.0243. The van der Waals surface area contributed by atoms with Crippen LogP contribution in [0.4, 0.5) is 14.9 Å². The third-order valence-electron chi connectivity index (χ3n) is 8.76. The SMILES string of the molecule is CN(C(=O)NC(C[C@H]1CCC2=Cc3c(cnn3-c3ccc(F)cc3)C[C@@]21C)c1ccccc1)c1ccc(Cl)cc1. The summed E-state index contributed by atoms with van der Waals surface area (Å²) in [5.41, 5.74) is 6.41. The van der Waals surface area contributed by atoms with Crippen molar-refractivity contribution >= 4 is 29.4 Å². The number of anilines is 1. The second kappa shape index (κ2) is 10.6. The molecule has 2 aliphatic rings. The monoisotopic (exact) mass is 554 g/mol. The Kier molecular flexibility index (Phi) is 6.97. The Labute approximate surface area is 239 Å². The summed E-state index contributed by atoms with van der Waals surface area (Å²) in [6.45, 7) is 2.36. The van der Waals surface area contributed by atoms with Crippen molar-refractivity contribution < 1.29 is 9.18 Å². The quantitative estimate of drug-likeness (QED) is 0.262. The molecular formula is C33H32ClFN4O. The summed E-state index contributed by atoms with van der Waals surface area (Å²) in [5, 5.41) is 8.62. The van der Waals surface area contributed by atoms with Gasteiger partial charge in [-0.25, -0.2) is 13.9 Å². The van der Waals surface area contributed by atoms with E-state index in [0.717, 1.165) is 48.3 Å². The molecule has 6 rings (SSSR count). The Bertz CT molecular complexity index is 1550. The van der Waals surface area contributed by atoms with Gasteiger partial charge in [0.1, 0.15) is 5.82 Å². The van der Waals surface area contributed by atoms with Gasteiger partial charge in [0.05, 0.1) is 23.6 Å². The molecule has 3 aromatic carbocycles. The van der Waals surface area contributed by atoms with Gasteiger partial charge in [0.25, 0.3) is 0 Å². The molecule has 40 heavy (non-hydrogen) atoms. The first-order valence-corrected chi connectivity index (χ1v) is 14.1. The molecule has 1 fully saturated rings. The first-order chi connectivity index (χ1) is 19.3. The average Bonchev–Trinajstić information content (AvgIpc) is 3.51. The number of carbonyl (C=O) groups is 1. The van der Waals surface area contributed by atoms with E-state index in [-0.39, 0.29) is 23.3 Å². The number of carbonyl (C=O) groups excluding carboxylic acids is 1. The summed E-state index contributed by atoms with van der Waals surface area (Å²) in [4.78, 5) is 15.0. The summed E-state index contributed by atoms with van der Waals surface area (Å²) in [7, 11) is 1.78. The molecular weight excluding hydrogens is 523 g/mol. The van der Waals surface area contributed by atoms with Gasteiger partial charge in [-0.05, 0) is 103 Å². The maximum absolute atomic E-state index is 13.5. The van der Waals surface area contributed by atoms with Crippen molar-refractivity contribution in [1.29, 1.82) is 0 Å². The molecule has 204 valence electrons. The molecule has 0 radical (unpaired) electrons. The van der Waals surface area contributed by atoms with Gasteiger partial charge in [-0.15, -0.1) is 0 Å². The molecule has 4 aromatic rings. The Morgan fingerprint density at radius 2 is 1.85 bits per heavy atom. The fraction of sp³-hybridized carbons (Fsp3) is 0.273. The highest BCUT2D eigenvalue weighted by Gasteiger charge is 2.46. The van der Waals surface area contributed by atoms with E-state index in [9.17, 15) is 9.18 Å². The summed E-state index contributed by atoms with van der Waals surface area (Å²) >= 11 is 6.05. The van der Waals surface area contributed by atoms with Gasteiger partial charge in [-0.1, -0.05) is 54.4 Å². The lowest BCUT2D eigenvalue weighted by Gasteiger charge is -2.38. The smallest absolute Gasteiger partial charge is 0.322 e. The molecule has 5 nitrogen and oxygen atoms in total.